The third-order valence-corrected chi connectivity index (χ3v) is 15.5. The van der Waals surface area contributed by atoms with Crippen molar-refractivity contribution in [2.45, 2.75) is 132 Å². The van der Waals surface area contributed by atoms with Crippen LogP contribution in [0.1, 0.15) is 117 Å². The summed E-state index contributed by atoms with van der Waals surface area (Å²) in [6.45, 7) is 24.3. The number of allylic oxidation sites excluding steroid dienone is 1. The van der Waals surface area contributed by atoms with Crippen LogP contribution in [-0.2, 0) is 16.1 Å². The summed E-state index contributed by atoms with van der Waals surface area (Å²) in [4.78, 5) is 13.3. The average Bonchev–Trinajstić information content (AvgIpc) is 3.33. The van der Waals surface area contributed by atoms with E-state index in [-0.39, 0.29) is 47.3 Å². The number of rotatable bonds is 5. The van der Waals surface area contributed by atoms with Gasteiger partial charge in [-0.1, -0.05) is 46.8 Å². The molecule has 5 aliphatic rings. The van der Waals surface area contributed by atoms with Gasteiger partial charge in [0.2, 0.25) is 6.54 Å². The predicted molar refractivity (Wildman–Crippen MR) is 172 cm³/mol. The number of pyridine rings is 1. The highest BCUT2D eigenvalue weighted by atomic mass is 35.5. The van der Waals surface area contributed by atoms with E-state index in [0.717, 1.165) is 18.5 Å². The van der Waals surface area contributed by atoms with Crippen LogP contribution in [0, 0.1) is 70.5 Å². The number of esters is 1. The molecule has 5 fully saturated rings. The summed E-state index contributed by atoms with van der Waals surface area (Å²) in [5.74, 6) is 2.95. The molecular weight excluding hydrogens is 566 g/mol. The highest BCUT2D eigenvalue weighted by Gasteiger charge is 2.71. The van der Waals surface area contributed by atoms with E-state index in [2.05, 4.69) is 74.1 Å². The monoisotopic (exact) mass is 625 g/mol. The Labute approximate surface area is 274 Å². The standard InChI is InChI=1S/C39H60NO3.ClH/c1-25(2)28-12-18-39(24-41)20-19-37(8)29(34(28)39)10-11-31-36(7)16-14-32(35(5,6)30(36)13-17-38(31,37)9)43-33(42)23-40-21-15-26(3)22-27(40)4;/h15,21-22,28-32,34,41H,1,10-14,16-20,23-24H2,2-9H3;1H/q+1;/p-1/t28-,29?,30?,31?,32?,34?,36-,37+,38+,39+;/m0./s1. The largest absolute Gasteiger partial charge is 1.00 e. The van der Waals surface area contributed by atoms with Crippen LogP contribution in [0.25, 0.3) is 0 Å². The molecule has 1 N–H and O–H groups in total. The molecule has 0 aliphatic heterocycles. The molecule has 5 aliphatic carbocycles. The summed E-state index contributed by atoms with van der Waals surface area (Å²) in [6, 6.07) is 4.19. The van der Waals surface area contributed by atoms with E-state index in [1.807, 2.05) is 10.8 Å². The van der Waals surface area contributed by atoms with Crippen molar-refractivity contribution in [1.29, 1.82) is 0 Å². The Bertz CT molecular complexity index is 1290. The fourth-order valence-corrected chi connectivity index (χ4v) is 13.0. The lowest BCUT2D eigenvalue weighted by atomic mass is 9.32. The number of aliphatic hydroxyl groups is 1. The zero-order valence-corrected chi connectivity index (χ0v) is 29.7. The fraction of sp³-hybridized carbons (Fsp3) is 0.795. The Morgan fingerprint density at radius 3 is 2.34 bits per heavy atom. The molecule has 5 saturated carbocycles. The third-order valence-electron chi connectivity index (χ3n) is 15.5. The van der Waals surface area contributed by atoms with E-state index in [1.165, 1.54) is 62.5 Å². The van der Waals surface area contributed by atoms with Crippen molar-refractivity contribution in [3.05, 3.63) is 41.7 Å². The molecule has 4 nitrogen and oxygen atoms in total. The Kier molecular flexibility index (Phi) is 8.79. The number of carbonyl (C=O) groups is 1. The molecule has 44 heavy (non-hydrogen) atoms. The predicted octanol–water partition coefficient (Wildman–Crippen LogP) is 5.16. The summed E-state index contributed by atoms with van der Waals surface area (Å²) in [7, 11) is 0. The molecule has 1 aromatic heterocycles. The number of hydrogen-bond acceptors (Lipinski definition) is 3. The van der Waals surface area contributed by atoms with Gasteiger partial charge < -0.3 is 22.3 Å². The summed E-state index contributed by atoms with van der Waals surface area (Å²) in [6.07, 6.45) is 14.0. The van der Waals surface area contributed by atoms with E-state index in [9.17, 15) is 9.90 Å². The minimum atomic E-state index is -0.106. The second-order valence-electron chi connectivity index (χ2n) is 17.5. The molecule has 5 heteroatoms. The van der Waals surface area contributed by atoms with Crippen LogP contribution in [0.4, 0.5) is 0 Å². The van der Waals surface area contributed by atoms with Crippen LogP contribution in [0.5, 0.6) is 0 Å². The SMILES string of the molecule is C=C(C)[C@@H]1CC[C@]2(CO)CC[C@]3(C)C(CCC4[C@@]5(C)CCC(OC(=O)C[n+]6ccc(C)cc6C)C(C)(C)C5CC[C@]43C)C12.[Cl-]. The van der Waals surface area contributed by atoms with Gasteiger partial charge in [0.1, 0.15) is 6.10 Å². The second kappa shape index (κ2) is 11.4. The highest BCUT2D eigenvalue weighted by Crippen LogP contribution is 2.77. The number of aryl methyl sites for hydroxylation is 2. The van der Waals surface area contributed by atoms with E-state index in [4.69, 9.17) is 4.74 Å². The number of aromatic nitrogens is 1. The molecule has 246 valence electrons. The summed E-state index contributed by atoms with van der Waals surface area (Å²) < 4.78 is 8.38. The Hall–Kier alpha value is -1.39. The summed E-state index contributed by atoms with van der Waals surface area (Å²) in [5.41, 5.74) is 4.55. The lowest BCUT2D eigenvalue weighted by molar-refractivity contribution is -0.692. The van der Waals surface area contributed by atoms with Crippen molar-refractivity contribution in [1.82, 2.24) is 0 Å². The highest BCUT2D eigenvalue weighted by molar-refractivity contribution is 5.68. The molecule has 5 unspecified atom stereocenters. The molecular formula is C39H60ClNO3. The first-order chi connectivity index (χ1) is 20.1. The van der Waals surface area contributed by atoms with Gasteiger partial charge in [-0.05, 0) is 135 Å². The lowest BCUT2D eigenvalue weighted by Gasteiger charge is -2.73. The first-order valence-corrected chi connectivity index (χ1v) is 17.6. The molecule has 1 aromatic rings. The van der Waals surface area contributed by atoms with Crippen LogP contribution < -0.4 is 17.0 Å². The van der Waals surface area contributed by atoms with Gasteiger partial charge >= 0.3 is 5.97 Å². The van der Waals surface area contributed by atoms with Crippen molar-refractivity contribution >= 4 is 5.97 Å². The van der Waals surface area contributed by atoms with Crippen LogP contribution in [0.15, 0.2) is 30.5 Å². The van der Waals surface area contributed by atoms with Crippen molar-refractivity contribution < 1.29 is 31.6 Å². The minimum absolute atomic E-state index is 0. The molecule has 0 aromatic carbocycles. The van der Waals surface area contributed by atoms with E-state index < -0.39 is 0 Å². The van der Waals surface area contributed by atoms with Gasteiger partial charge in [0.05, 0.1) is 0 Å². The number of fused-ring (bicyclic) bond motifs is 7. The second-order valence-corrected chi connectivity index (χ2v) is 17.5. The Morgan fingerprint density at radius 2 is 1.68 bits per heavy atom. The van der Waals surface area contributed by atoms with Crippen molar-refractivity contribution in [3.8, 4) is 0 Å². The van der Waals surface area contributed by atoms with Gasteiger partial charge in [0.25, 0.3) is 0 Å². The maximum absolute atomic E-state index is 13.3. The zero-order valence-electron chi connectivity index (χ0n) is 29.0. The van der Waals surface area contributed by atoms with Gasteiger partial charge in [0.15, 0.2) is 11.9 Å². The van der Waals surface area contributed by atoms with Gasteiger partial charge in [-0.15, -0.1) is 0 Å². The topological polar surface area (TPSA) is 50.4 Å². The molecule has 6 rings (SSSR count). The number of nitrogens with zero attached hydrogens (tertiary/aromatic N) is 1. The average molecular weight is 626 g/mol. The van der Waals surface area contributed by atoms with E-state index >= 15 is 0 Å². The van der Waals surface area contributed by atoms with Crippen molar-refractivity contribution in [2.75, 3.05) is 6.61 Å². The molecule has 0 radical (unpaired) electrons. The third kappa shape index (κ3) is 4.77. The van der Waals surface area contributed by atoms with Gasteiger partial charge in [-0.2, -0.15) is 4.57 Å². The zero-order chi connectivity index (χ0) is 31.2. The first kappa shape index (κ1) is 34.0. The minimum Gasteiger partial charge on any atom is -1.00 e. The van der Waals surface area contributed by atoms with Crippen LogP contribution in [0.2, 0.25) is 0 Å². The summed E-state index contributed by atoms with van der Waals surface area (Å²) in [5, 5.41) is 10.8. The summed E-state index contributed by atoms with van der Waals surface area (Å²) >= 11 is 0. The number of halogens is 1. The quantitative estimate of drug-likeness (QED) is 0.280. The number of hydrogen-bond donors (Lipinski definition) is 1. The number of carbonyl (C=O) groups excluding carboxylic acids is 1. The Balaban J connectivity index is 0.00000384. The van der Waals surface area contributed by atoms with E-state index in [1.54, 1.807) is 0 Å². The fourth-order valence-electron chi connectivity index (χ4n) is 13.0. The van der Waals surface area contributed by atoms with Crippen LogP contribution in [0.3, 0.4) is 0 Å². The van der Waals surface area contributed by atoms with Crippen molar-refractivity contribution in [2.24, 2.45) is 56.7 Å². The molecule has 0 bridgehead atoms. The maximum atomic E-state index is 13.3. The molecule has 0 amide bonds. The maximum Gasteiger partial charge on any atom is 0.372 e. The lowest BCUT2D eigenvalue weighted by Crippen LogP contribution is -3.00. The van der Waals surface area contributed by atoms with Crippen LogP contribution in [-0.4, -0.2) is 23.8 Å². The van der Waals surface area contributed by atoms with E-state index in [0.29, 0.717) is 47.0 Å². The molecule has 1 heterocycles. The normalized spacial score (nSPS) is 43.8. The van der Waals surface area contributed by atoms with Crippen molar-refractivity contribution in [3.63, 3.8) is 0 Å². The first-order valence-electron chi connectivity index (χ1n) is 17.6. The van der Waals surface area contributed by atoms with Gasteiger partial charge in [-0.3, -0.25) is 0 Å². The molecule has 0 saturated heterocycles. The Morgan fingerprint density at radius 1 is 0.955 bits per heavy atom. The number of aliphatic hydroxyl groups excluding tert-OH is 1. The van der Waals surface area contributed by atoms with Gasteiger partial charge in [-0.25, -0.2) is 4.79 Å². The number of ether oxygens (including phenoxy) is 1. The van der Waals surface area contributed by atoms with Crippen LogP contribution >= 0.6 is 0 Å². The molecule has 10 atom stereocenters. The van der Waals surface area contributed by atoms with Gasteiger partial charge in [0, 0.05) is 31.1 Å². The molecule has 0 spiro atoms. The smallest absolute Gasteiger partial charge is 0.372 e.